The average Bonchev–Trinajstić information content (AvgIpc) is 2.70. The molecule has 0 saturated heterocycles. The van der Waals surface area contributed by atoms with Crippen molar-refractivity contribution in [2.75, 3.05) is 5.73 Å². The first-order valence-corrected chi connectivity index (χ1v) is 6.27. The Labute approximate surface area is 108 Å². The number of rotatable bonds is 3. The molecule has 1 atom stereocenters. The molecule has 6 heteroatoms. The molecule has 1 unspecified atom stereocenters. The summed E-state index contributed by atoms with van der Waals surface area (Å²) < 4.78 is 5.74. The number of ether oxygens (including phenoxy) is 1. The summed E-state index contributed by atoms with van der Waals surface area (Å²) in [6.07, 6.45) is -0.176. The molecular weight excluding hydrogens is 258 g/mol. The minimum Gasteiger partial charge on any atom is -0.483 e. The fourth-order valence-corrected chi connectivity index (χ4v) is 2.07. The number of hydrogen-bond donors (Lipinski definition) is 1. The largest absolute Gasteiger partial charge is 0.483 e. The van der Waals surface area contributed by atoms with E-state index in [9.17, 15) is 0 Å². The fourth-order valence-electron chi connectivity index (χ4n) is 1.36. The van der Waals surface area contributed by atoms with E-state index in [0.29, 0.717) is 5.13 Å². The van der Waals surface area contributed by atoms with Gasteiger partial charge in [-0.25, -0.2) is 0 Å². The van der Waals surface area contributed by atoms with Gasteiger partial charge in [0.05, 0.1) is 0 Å². The van der Waals surface area contributed by atoms with Crippen LogP contribution in [0.25, 0.3) is 0 Å². The van der Waals surface area contributed by atoms with Crippen molar-refractivity contribution < 1.29 is 4.74 Å². The van der Waals surface area contributed by atoms with E-state index in [4.69, 9.17) is 22.1 Å². The maximum Gasteiger partial charge on any atom is 0.203 e. The highest BCUT2D eigenvalue weighted by Crippen LogP contribution is 2.27. The van der Waals surface area contributed by atoms with Crippen molar-refractivity contribution in [1.82, 2.24) is 10.2 Å². The summed E-state index contributed by atoms with van der Waals surface area (Å²) in [5.41, 5.74) is 6.51. The SMILES string of the molecule is Cc1cc(OC(C)c2nnc(N)s2)ccc1Cl. The van der Waals surface area contributed by atoms with Gasteiger partial charge in [-0.05, 0) is 37.6 Å². The van der Waals surface area contributed by atoms with Crippen LogP contribution in [0.1, 0.15) is 23.6 Å². The molecular formula is C11H12ClN3OS. The first-order valence-electron chi connectivity index (χ1n) is 5.08. The molecule has 2 N–H and O–H groups in total. The van der Waals surface area contributed by atoms with Crippen molar-refractivity contribution in [2.24, 2.45) is 0 Å². The molecule has 2 rings (SSSR count). The molecule has 17 heavy (non-hydrogen) atoms. The fraction of sp³-hybridized carbons (Fsp3) is 0.273. The molecule has 90 valence electrons. The van der Waals surface area contributed by atoms with Gasteiger partial charge in [-0.2, -0.15) is 0 Å². The Morgan fingerprint density at radius 1 is 1.41 bits per heavy atom. The molecule has 0 radical (unpaired) electrons. The monoisotopic (exact) mass is 269 g/mol. The standard InChI is InChI=1S/C11H12ClN3OS/c1-6-5-8(3-4-9(6)12)16-7(2)10-14-15-11(13)17-10/h3-5,7H,1-2H3,(H2,13,15). The van der Waals surface area contributed by atoms with Gasteiger partial charge in [0, 0.05) is 5.02 Å². The number of nitrogens with zero attached hydrogens (tertiary/aromatic N) is 2. The molecule has 0 aliphatic heterocycles. The number of nitrogen functional groups attached to an aromatic ring is 1. The summed E-state index contributed by atoms with van der Waals surface area (Å²) in [6.45, 7) is 3.84. The molecule has 0 saturated carbocycles. The van der Waals surface area contributed by atoms with Gasteiger partial charge in [0.1, 0.15) is 11.9 Å². The van der Waals surface area contributed by atoms with Crippen LogP contribution in [0.2, 0.25) is 5.02 Å². The van der Waals surface area contributed by atoms with E-state index in [1.54, 1.807) is 0 Å². The van der Waals surface area contributed by atoms with Gasteiger partial charge < -0.3 is 10.5 Å². The lowest BCUT2D eigenvalue weighted by Crippen LogP contribution is -2.02. The molecule has 4 nitrogen and oxygen atoms in total. The quantitative estimate of drug-likeness (QED) is 0.929. The van der Waals surface area contributed by atoms with Gasteiger partial charge in [-0.1, -0.05) is 22.9 Å². The summed E-state index contributed by atoms with van der Waals surface area (Å²) in [5, 5.41) is 9.63. The highest BCUT2D eigenvalue weighted by atomic mass is 35.5. The number of halogens is 1. The normalized spacial score (nSPS) is 12.4. The van der Waals surface area contributed by atoms with Gasteiger partial charge in [-0.15, -0.1) is 10.2 Å². The Kier molecular flexibility index (Phi) is 3.49. The lowest BCUT2D eigenvalue weighted by Gasteiger charge is -2.12. The molecule has 0 fully saturated rings. The highest BCUT2D eigenvalue weighted by Gasteiger charge is 2.13. The molecule has 0 amide bonds. The topological polar surface area (TPSA) is 61.0 Å². The van der Waals surface area contributed by atoms with E-state index in [2.05, 4.69) is 10.2 Å². The van der Waals surface area contributed by atoms with Crippen LogP contribution in [0.4, 0.5) is 5.13 Å². The van der Waals surface area contributed by atoms with Gasteiger partial charge in [0.15, 0.2) is 5.01 Å². The van der Waals surface area contributed by atoms with Crippen LogP contribution in [0.3, 0.4) is 0 Å². The van der Waals surface area contributed by atoms with E-state index in [1.807, 2.05) is 32.0 Å². The van der Waals surface area contributed by atoms with Gasteiger partial charge in [0.25, 0.3) is 0 Å². The van der Waals surface area contributed by atoms with Crippen LogP contribution in [0.5, 0.6) is 5.75 Å². The second-order valence-corrected chi connectivity index (χ2v) is 5.10. The number of hydrogen-bond acceptors (Lipinski definition) is 5. The molecule has 0 bridgehead atoms. The third-order valence-corrected chi connectivity index (χ3v) is 3.58. The number of aromatic nitrogens is 2. The van der Waals surface area contributed by atoms with Gasteiger partial charge in [-0.3, -0.25) is 0 Å². The molecule has 0 spiro atoms. The van der Waals surface area contributed by atoms with Crippen molar-refractivity contribution in [3.63, 3.8) is 0 Å². The van der Waals surface area contributed by atoms with Crippen molar-refractivity contribution in [3.05, 3.63) is 33.8 Å². The van der Waals surface area contributed by atoms with Crippen LogP contribution < -0.4 is 10.5 Å². The van der Waals surface area contributed by atoms with Crippen LogP contribution in [-0.4, -0.2) is 10.2 Å². The van der Waals surface area contributed by atoms with Crippen LogP contribution in [-0.2, 0) is 0 Å². The highest BCUT2D eigenvalue weighted by molar-refractivity contribution is 7.15. The maximum atomic E-state index is 5.95. The zero-order valence-electron chi connectivity index (χ0n) is 9.48. The molecule has 0 aliphatic carbocycles. The minimum atomic E-state index is -0.176. The Morgan fingerprint density at radius 3 is 2.76 bits per heavy atom. The summed E-state index contributed by atoms with van der Waals surface area (Å²) in [4.78, 5) is 0. The Bertz CT molecular complexity index is 529. The van der Waals surface area contributed by atoms with Crippen molar-refractivity contribution in [1.29, 1.82) is 0 Å². The molecule has 2 aromatic rings. The third-order valence-electron chi connectivity index (χ3n) is 2.25. The average molecular weight is 270 g/mol. The molecule has 1 aromatic heterocycles. The number of benzene rings is 1. The van der Waals surface area contributed by atoms with Crippen molar-refractivity contribution >= 4 is 28.1 Å². The van der Waals surface area contributed by atoms with Gasteiger partial charge in [0.2, 0.25) is 5.13 Å². The first-order chi connectivity index (χ1) is 8.06. The van der Waals surface area contributed by atoms with Crippen LogP contribution in [0.15, 0.2) is 18.2 Å². The lowest BCUT2D eigenvalue weighted by atomic mass is 10.2. The Hall–Kier alpha value is -1.33. The summed E-state index contributed by atoms with van der Waals surface area (Å²) >= 11 is 7.27. The second kappa shape index (κ2) is 4.89. The maximum absolute atomic E-state index is 5.95. The van der Waals surface area contributed by atoms with E-state index in [-0.39, 0.29) is 6.10 Å². The zero-order valence-corrected chi connectivity index (χ0v) is 11.0. The van der Waals surface area contributed by atoms with Crippen molar-refractivity contribution in [3.8, 4) is 5.75 Å². The first kappa shape index (κ1) is 12.1. The Morgan fingerprint density at radius 2 is 2.18 bits per heavy atom. The predicted molar refractivity (Wildman–Crippen MR) is 69.6 cm³/mol. The van der Waals surface area contributed by atoms with E-state index in [1.165, 1.54) is 11.3 Å². The zero-order chi connectivity index (χ0) is 12.4. The molecule has 0 aliphatic rings. The van der Waals surface area contributed by atoms with Crippen LogP contribution >= 0.6 is 22.9 Å². The van der Waals surface area contributed by atoms with Crippen LogP contribution in [0, 0.1) is 6.92 Å². The summed E-state index contributed by atoms with van der Waals surface area (Å²) in [7, 11) is 0. The van der Waals surface area contributed by atoms with Crippen molar-refractivity contribution in [2.45, 2.75) is 20.0 Å². The number of anilines is 1. The van der Waals surface area contributed by atoms with E-state index in [0.717, 1.165) is 21.3 Å². The third kappa shape index (κ3) is 2.87. The second-order valence-electron chi connectivity index (χ2n) is 3.65. The summed E-state index contributed by atoms with van der Waals surface area (Å²) in [5.74, 6) is 0.758. The predicted octanol–water partition coefficient (Wildman–Crippen LogP) is 3.22. The van der Waals surface area contributed by atoms with E-state index < -0.39 is 0 Å². The van der Waals surface area contributed by atoms with E-state index >= 15 is 0 Å². The molecule has 1 aromatic carbocycles. The molecule has 1 heterocycles. The Balaban J connectivity index is 2.12. The van der Waals surface area contributed by atoms with Gasteiger partial charge >= 0.3 is 0 Å². The number of aryl methyl sites for hydroxylation is 1. The number of nitrogens with two attached hydrogens (primary N) is 1. The summed E-state index contributed by atoms with van der Waals surface area (Å²) in [6, 6.07) is 5.53. The minimum absolute atomic E-state index is 0.176. The lowest BCUT2D eigenvalue weighted by molar-refractivity contribution is 0.225. The smallest absolute Gasteiger partial charge is 0.203 e.